The molecular weight excluding hydrogens is 210 g/mol. The topological polar surface area (TPSA) is 98.2 Å². The van der Waals surface area contributed by atoms with Gasteiger partial charge in [0.1, 0.15) is 6.04 Å². The Morgan fingerprint density at radius 3 is 2.94 bits per heavy atom. The fraction of sp³-hybridized carbons (Fsp3) is 0.300. The molecule has 0 saturated heterocycles. The second-order valence-electron chi connectivity index (χ2n) is 3.34. The summed E-state index contributed by atoms with van der Waals surface area (Å²) in [7, 11) is 0. The molecule has 16 heavy (non-hydrogen) atoms. The molecule has 0 aromatic carbocycles. The first-order chi connectivity index (χ1) is 7.50. The lowest BCUT2D eigenvalue weighted by Crippen LogP contribution is -2.15. The van der Waals surface area contributed by atoms with Crippen molar-refractivity contribution >= 4 is 18.0 Å². The van der Waals surface area contributed by atoms with Gasteiger partial charge in [-0.1, -0.05) is 12.2 Å². The molecule has 6 heteroatoms. The number of nitrogens with zero attached hydrogens (tertiary/aromatic N) is 2. The minimum Gasteiger partial charge on any atom is -0.480 e. The Bertz CT molecular complexity index is 423. The largest absolute Gasteiger partial charge is 0.480 e. The number of hydrogen-bond donors (Lipinski definition) is 2. The molecule has 0 saturated carbocycles. The number of amides is 1. The van der Waals surface area contributed by atoms with Crippen molar-refractivity contribution in [3.05, 3.63) is 24.0 Å². The van der Waals surface area contributed by atoms with Crippen LogP contribution in [0, 0.1) is 0 Å². The van der Waals surface area contributed by atoms with Crippen LogP contribution < -0.4 is 5.73 Å². The summed E-state index contributed by atoms with van der Waals surface area (Å²) in [5.74, 6) is -1.36. The average Bonchev–Trinajstić information content (AvgIpc) is 2.64. The maximum atomic E-state index is 10.7. The van der Waals surface area contributed by atoms with E-state index in [1.54, 1.807) is 18.3 Å². The Hall–Kier alpha value is -2.11. The third kappa shape index (κ3) is 3.23. The van der Waals surface area contributed by atoms with E-state index >= 15 is 0 Å². The molecule has 1 heterocycles. The molecule has 0 aliphatic heterocycles. The van der Waals surface area contributed by atoms with Crippen molar-refractivity contribution in [1.29, 1.82) is 0 Å². The molecule has 0 spiro atoms. The Labute approximate surface area is 92.4 Å². The third-order valence-corrected chi connectivity index (χ3v) is 2.01. The van der Waals surface area contributed by atoms with Crippen molar-refractivity contribution in [3.8, 4) is 0 Å². The van der Waals surface area contributed by atoms with Crippen LogP contribution in [0.1, 0.15) is 24.9 Å². The molecule has 86 valence electrons. The van der Waals surface area contributed by atoms with E-state index in [0.29, 0.717) is 0 Å². The summed E-state index contributed by atoms with van der Waals surface area (Å²) >= 11 is 0. The lowest BCUT2D eigenvalue weighted by atomic mass is 10.3. The Kier molecular flexibility index (Phi) is 3.82. The highest BCUT2D eigenvalue weighted by atomic mass is 16.4. The molecule has 1 rings (SSSR count). The molecule has 1 atom stereocenters. The van der Waals surface area contributed by atoms with Gasteiger partial charge in [0.05, 0.1) is 6.20 Å². The third-order valence-electron chi connectivity index (χ3n) is 2.01. The van der Waals surface area contributed by atoms with E-state index < -0.39 is 17.9 Å². The zero-order chi connectivity index (χ0) is 12.1. The van der Waals surface area contributed by atoms with Gasteiger partial charge in [0.15, 0.2) is 0 Å². The van der Waals surface area contributed by atoms with Crippen LogP contribution in [-0.4, -0.2) is 26.8 Å². The van der Waals surface area contributed by atoms with Gasteiger partial charge in [0.2, 0.25) is 5.91 Å². The molecule has 3 N–H and O–H groups in total. The van der Waals surface area contributed by atoms with E-state index in [4.69, 9.17) is 10.8 Å². The van der Waals surface area contributed by atoms with Gasteiger partial charge in [-0.2, -0.15) is 5.10 Å². The number of hydrogen-bond acceptors (Lipinski definition) is 3. The summed E-state index contributed by atoms with van der Waals surface area (Å²) in [4.78, 5) is 21.1. The zero-order valence-corrected chi connectivity index (χ0v) is 8.83. The Morgan fingerprint density at radius 1 is 1.69 bits per heavy atom. The number of aliphatic carboxylic acids is 1. The van der Waals surface area contributed by atoms with E-state index in [1.165, 1.54) is 17.8 Å². The highest BCUT2D eigenvalue weighted by Crippen LogP contribution is 2.08. The molecule has 0 aliphatic rings. The predicted molar refractivity (Wildman–Crippen MR) is 57.4 cm³/mol. The molecule has 0 fully saturated rings. The van der Waals surface area contributed by atoms with E-state index in [-0.39, 0.29) is 6.42 Å². The second-order valence-corrected chi connectivity index (χ2v) is 3.34. The van der Waals surface area contributed by atoms with E-state index in [2.05, 4.69) is 5.10 Å². The van der Waals surface area contributed by atoms with Crippen molar-refractivity contribution in [2.75, 3.05) is 0 Å². The number of rotatable bonds is 5. The van der Waals surface area contributed by atoms with Crippen LogP contribution in [-0.2, 0) is 9.59 Å². The highest BCUT2D eigenvalue weighted by Gasteiger charge is 2.13. The summed E-state index contributed by atoms with van der Waals surface area (Å²) in [5, 5.41) is 12.7. The Balaban J connectivity index is 2.68. The first-order valence-corrected chi connectivity index (χ1v) is 4.72. The standard InChI is InChI=1S/C10H13N3O3/c1-7(10(15)16)13-6-8(5-12-13)3-2-4-9(11)14/h2-3,5-7H,4H2,1H3,(H2,11,14)(H,15,16)/t7-/m0/s1. The van der Waals surface area contributed by atoms with Gasteiger partial charge >= 0.3 is 5.97 Å². The smallest absolute Gasteiger partial charge is 0.328 e. The van der Waals surface area contributed by atoms with Crippen molar-refractivity contribution in [1.82, 2.24) is 9.78 Å². The van der Waals surface area contributed by atoms with E-state index in [9.17, 15) is 9.59 Å². The number of carbonyl (C=O) groups is 2. The highest BCUT2D eigenvalue weighted by molar-refractivity contribution is 5.76. The van der Waals surface area contributed by atoms with Crippen LogP contribution in [0.25, 0.3) is 6.08 Å². The average molecular weight is 223 g/mol. The second kappa shape index (κ2) is 5.11. The summed E-state index contributed by atoms with van der Waals surface area (Å²) in [6.07, 6.45) is 6.55. The minimum absolute atomic E-state index is 0.152. The zero-order valence-electron chi connectivity index (χ0n) is 8.83. The SMILES string of the molecule is C[C@@H](C(=O)O)n1cc(C=CCC(N)=O)cn1. The van der Waals surface area contributed by atoms with Crippen LogP contribution >= 0.6 is 0 Å². The van der Waals surface area contributed by atoms with Gasteiger partial charge in [0.25, 0.3) is 0 Å². The minimum atomic E-state index is -0.948. The molecule has 0 bridgehead atoms. The molecule has 0 unspecified atom stereocenters. The van der Waals surface area contributed by atoms with E-state index in [1.807, 2.05) is 0 Å². The molecule has 0 aliphatic carbocycles. The van der Waals surface area contributed by atoms with Crippen molar-refractivity contribution in [2.45, 2.75) is 19.4 Å². The van der Waals surface area contributed by atoms with Crippen molar-refractivity contribution < 1.29 is 14.7 Å². The predicted octanol–water partition coefficient (Wildman–Crippen LogP) is 0.417. The van der Waals surface area contributed by atoms with Gasteiger partial charge in [-0.25, -0.2) is 4.79 Å². The summed E-state index contributed by atoms with van der Waals surface area (Å²) < 4.78 is 1.34. The van der Waals surface area contributed by atoms with Gasteiger partial charge < -0.3 is 10.8 Å². The van der Waals surface area contributed by atoms with Crippen LogP contribution in [0.15, 0.2) is 18.5 Å². The lowest BCUT2D eigenvalue weighted by Gasteiger charge is -2.04. The van der Waals surface area contributed by atoms with Crippen LogP contribution in [0.3, 0.4) is 0 Å². The number of carboxylic acids is 1. The lowest BCUT2D eigenvalue weighted by molar-refractivity contribution is -0.140. The van der Waals surface area contributed by atoms with Gasteiger partial charge in [-0.15, -0.1) is 0 Å². The molecule has 0 radical (unpaired) electrons. The number of carboxylic acid groups (broad SMARTS) is 1. The first-order valence-electron chi connectivity index (χ1n) is 4.72. The number of carbonyl (C=O) groups excluding carboxylic acids is 1. The maximum Gasteiger partial charge on any atom is 0.328 e. The van der Waals surface area contributed by atoms with Gasteiger partial charge in [0, 0.05) is 18.2 Å². The molecule has 1 aromatic rings. The van der Waals surface area contributed by atoms with Crippen molar-refractivity contribution in [3.63, 3.8) is 0 Å². The van der Waals surface area contributed by atoms with Gasteiger partial charge in [-0.05, 0) is 6.92 Å². The quantitative estimate of drug-likeness (QED) is 0.755. The van der Waals surface area contributed by atoms with Crippen LogP contribution in [0.5, 0.6) is 0 Å². The first kappa shape index (κ1) is 12.0. The molecular formula is C10H13N3O3. The monoisotopic (exact) mass is 223 g/mol. The summed E-state index contributed by atoms with van der Waals surface area (Å²) in [6, 6.07) is -0.710. The molecule has 6 nitrogen and oxygen atoms in total. The molecule has 1 aromatic heterocycles. The van der Waals surface area contributed by atoms with Crippen LogP contribution in [0.4, 0.5) is 0 Å². The number of aromatic nitrogens is 2. The summed E-state index contributed by atoms with van der Waals surface area (Å²) in [6.45, 7) is 1.53. The number of primary amides is 1. The van der Waals surface area contributed by atoms with Crippen LogP contribution in [0.2, 0.25) is 0 Å². The Morgan fingerprint density at radius 2 is 2.38 bits per heavy atom. The normalized spacial score (nSPS) is 12.8. The van der Waals surface area contributed by atoms with Crippen molar-refractivity contribution in [2.24, 2.45) is 5.73 Å². The number of nitrogens with two attached hydrogens (primary N) is 1. The fourth-order valence-corrected chi connectivity index (χ4v) is 1.07. The summed E-state index contributed by atoms with van der Waals surface area (Å²) in [5.41, 5.74) is 5.69. The van der Waals surface area contributed by atoms with E-state index in [0.717, 1.165) is 5.56 Å². The van der Waals surface area contributed by atoms with Gasteiger partial charge in [-0.3, -0.25) is 9.48 Å². The fourth-order valence-electron chi connectivity index (χ4n) is 1.07. The molecule has 1 amide bonds. The maximum absolute atomic E-state index is 10.7.